The zero-order chi connectivity index (χ0) is 18.8. The average Bonchev–Trinajstić information content (AvgIpc) is 3.02. The molecule has 0 radical (unpaired) electrons. The first kappa shape index (κ1) is 17.3. The van der Waals surface area contributed by atoms with Crippen molar-refractivity contribution in [3.8, 4) is 5.75 Å². The SMILES string of the molecule is CCOc1ccc2c(c1)c1ncc3ccccc3c1n2CCCC(=O)NO. The first-order chi connectivity index (χ1) is 13.2. The fraction of sp³-hybridized carbons (Fsp3) is 0.238. The Bertz CT molecular complexity index is 1130. The molecule has 138 valence electrons. The minimum atomic E-state index is -0.377. The topological polar surface area (TPSA) is 76.4 Å². The van der Waals surface area contributed by atoms with Crippen LogP contribution >= 0.6 is 0 Å². The molecule has 0 saturated carbocycles. The van der Waals surface area contributed by atoms with Gasteiger partial charge in [0, 0.05) is 35.3 Å². The van der Waals surface area contributed by atoms with Crippen LogP contribution in [0.4, 0.5) is 0 Å². The fourth-order valence-electron chi connectivity index (χ4n) is 3.62. The number of hydrogen-bond donors (Lipinski definition) is 2. The van der Waals surface area contributed by atoms with Crippen LogP contribution in [-0.2, 0) is 11.3 Å². The molecule has 2 N–H and O–H groups in total. The van der Waals surface area contributed by atoms with Gasteiger partial charge in [-0.05, 0) is 31.5 Å². The molecule has 0 aliphatic rings. The highest BCUT2D eigenvalue weighted by Gasteiger charge is 2.15. The average molecular weight is 363 g/mol. The zero-order valence-electron chi connectivity index (χ0n) is 15.1. The van der Waals surface area contributed by atoms with E-state index in [1.54, 1.807) is 5.48 Å². The third kappa shape index (κ3) is 3.08. The second kappa shape index (κ2) is 7.25. The standard InChI is InChI=1S/C21H21N3O3/c1-2-27-15-9-10-18-17(12-15)20-21(24(18)11-5-8-19(25)23-26)16-7-4-3-6-14(16)13-22-20/h3-4,6-7,9-10,12-13,26H,2,5,8,11H2,1H3,(H,23,25). The van der Waals surface area contributed by atoms with Crippen molar-refractivity contribution in [3.63, 3.8) is 0 Å². The van der Waals surface area contributed by atoms with Crippen LogP contribution in [0.15, 0.2) is 48.7 Å². The van der Waals surface area contributed by atoms with Crippen molar-refractivity contribution in [1.29, 1.82) is 0 Å². The Morgan fingerprint density at radius 3 is 2.89 bits per heavy atom. The number of carbonyl (C=O) groups is 1. The van der Waals surface area contributed by atoms with Gasteiger partial charge in [-0.2, -0.15) is 0 Å². The molecule has 2 aromatic heterocycles. The molecule has 0 aliphatic heterocycles. The van der Waals surface area contributed by atoms with Crippen LogP contribution in [0, 0.1) is 0 Å². The van der Waals surface area contributed by atoms with Gasteiger partial charge in [0.2, 0.25) is 5.91 Å². The lowest BCUT2D eigenvalue weighted by Gasteiger charge is -2.09. The number of aromatic nitrogens is 2. The van der Waals surface area contributed by atoms with E-state index in [0.29, 0.717) is 19.6 Å². The highest BCUT2D eigenvalue weighted by molar-refractivity contribution is 6.15. The summed E-state index contributed by atoms with van der Waals surface area (Å²) in [6, 6.07) is 14.2. The van der Waals surface area contributed by atoms with Gasteiger partial charge < -0.3 is 9.30 Å². The number of aryl methyl sites for hydroxylation is 1. The molecule has 6 nitrogen and oxygen atoms in total. The number of nitrogens with one attached hydrogen (secondary N) is 1. The molecule has 0 spiro atoms. The number of benzene rings is 2. The number of hydroxylamine groups is 1. The summed E-state index contributed by atoms with van der Waals surface area (Å²) in [6.45, 7) is 3.22. The van der Waals surface area contributed by atoms with Gasteiger partial charge in [-0.25, -0.2) is 5.48 Å². The normalized spacial score (nSPS) is 11.3. The van der Waals surface area contributed by atoms with Crippen molar-refractivity contribution in [2.75, 3.05) is 6.61 Å². The Labute approximate surface area is 156 Å². The minimum absolute atomic E-state index is 0.257. The number of carbonyl (C=O) groups excluding carboxylic acids is 1. The number of amides is 1. The molecule has 2 heterocycles. The summed E-state index contributed by atoms with van der Waals surface area (Å²) in [4.78, 5) is 16.1. The van der Waals surface area contributed by atoms with E-state index in [-0.39, 0.29) is 12.3 Å². The molecule has 4 aromatic rings. The van der Waals surface area contributed by atoms with E-state index in [9.17, 15) is 4.79 Å². The Morgan fingerprint density at radius 1 is 1.22 bits per heavy atom. The predicted molar refractivity (Wildman–Crippen MR) is 105 cm³/mol. The molecule has 0 unspecified atom stereocenters. The van der Waals surface area contributed by atoms with Gasteiger partial charge >= 0.3 is 0 Å². The van der Waals surface area contributed by atoms with E-state index >= 15 is 0 Å². The fourth-order valence-corrected chi connectivity index (χ4v) is 3.62. The minimum Gasteiger partial charge on any atom is -0.494 e. The number of hydrogen-bond acceptors (Lipinski definition) is 4. The molecule has 0 aliphatic carbocycles. The van der Waals surface area contributed by atoms with E-state index in [4.69, 9.17) is 14.9 Å². The Balaban J connectivity index is 1.93. The van der Waals surface area contributed by atoms with E-state index in [2.05, 4.69) is 16.7 Å². The van der Waals surface area contributed by atoms with Crippen molar-refractivity contribution in [3.05, 3.63) is 48.7 Å². The van der Waals surface area contributed by atoms with E-state index in [0.717, 1.165) is 38.5 Å². The van der Waals surface area contributed by atoms with Crippen molar-refractivity contribution in [1.82, 2.24) is 15.0 Å². The summed E-state index contributed by atoms with van der Waals surface area (Å²) in [7, 11) is 0. The van der Waals surface area contributed by atoms with Gasteiger partial charge in [-0.15, -0.1) is 0 Å². The Morgan fingerprint density at radius 2 is 2.07 bits per heavy atom. The smallest absolute Gasteiger partial charge is 0.243 e. The number of fused-ring (bicyclic) bond motifs is 5. The van der Waals surface area contributed by atoms with Crippen LogP contribution in [0.1, 0.15) is 19.8 Å². The molecule has 2 aromatic carbocycles. The third-order valence-electron chi connectivity index (χ3n) is 4.78. The molecule has 27 heavy (non-hydrogen) atoms. The highest BCUT2D eigenvalue weighted by Crippen LogP contribution is 2.34. The van der Waals surface area contributed by atoms with Crippen LogP contribution in [0.2, 0.25) is 0 Å². The van der Waals surface area contributed by atoms with Gasteiger partial charge in [0.05, 0.1) is 23.2 Å². The molecule has 4 rings (SSSR count). The summed E-state index contributed by atoms with van der Waals surface area (Å²) in [5, 5.41) is 12.0. The Hall–Kier alpha value is -3.12. The van der Waals surface area contributed by atoms with Gasteiger partial charge in [-0.3, -0.25) is 15.0 Å². The largest absolute Gasteiger partial charge is 0.494 e. The maximum absolute atomic E-state index is 11.4. The third-order valence-corrected chi connectivity index (χ3v) is 4.78. The number of nitrogens with zero attached hydrogens (tertiary/aromatic N) is 2. The second-order valence-electron chi connectivity index (χ2n) is 6.44. The van der Waals surface area contributed by atoms with E-state index < -0.39 is 0 Å². The molecule has 0 fully saturated rings. The van der Waals surface area contributed by atoms with Gasteiger partial charge in [0.1, 0.15) is 5.75 Å². The molecule has 0 bridgehead atoms. The quantitative estimate of drug-likeness (QED) is 0.401. The molecule has 1 amide bonds. The van der Waals surface area contributed by atoms with E-state index in [1.807, 2.05) is 43.5 Å². The molecular formula is C21H21N3O3. The van der Waals surface area contributed by atoms with Crippen LogP contribution < -0.4 is 10.2 Å². The molecule has 0 atom stereocenters. The molecule has 0 saturated heterocycles. The van der Waals surface area contributed by atoms with Crippen LogP contribution in [0.5, 0.6) is 5.75 Å². The summed E-state index contributed by atoms with van der Waals surface area (Å²) >= 11 is 0. The number of pyridine rings is 1. The Kier molecular flexibility index (Phi) is 4.64. The van der Waals surface area contributed by atoms with Gasteiger partial charge in [0.15, 0.2) is 0 Å². The second-order valence-corrected chi connectivity index (χ2v) is 6.44. The number of rotatable bonds is 6. The lowest BCUT2D eigenvalue weighted by Crippen LogP contribution is -2.18. The van der Waals surface area contributed by atoms with Crippen LogP contribution in [0.3, 0.4) is 0 Å². The van der Waals surface area contributed by atoms with Crippen molar-refractivity contribution in [2.45, 2.75) is 26.3 Å². The monoisotopic (exact) mass is 363 g/mol. The molecule has 6 heteroatoms. The van der Waals surface area contributed by atoms with Crippen molar-refractivity contribution < 1.29 is 14.7 Å². The lowest BCUT2D eigenvalue weighted by atomic mass is 10.1. The summed E-state index contributed by atoms with van der Waals surface area (Å²) in [5.41, 5.74) is 4.73. The number of ether oxygens (including phenoxy) is 1. The highest BCUT2D eigenvalue weighted by atomic mass is 16.5. The summed E-state index contributed by atoms with van der Waals surface area (Å²) in [6.07, 6.45) is 2.77. The van der Waals surface area contributed by atoms with Crippen LogP contribution in [-0.4, -0.2) is 27.3 Å². The van der Waals surface area contributed by atoms with Gasteiger partial charge in [0.25, 0.3) is 0 Å². The summed E-state index contributed by atoms with van der Waals surface area (Å²) < 4.78 is 7.88. The maximum atomic E-state index is 11.4. The van der Waals surface area contributed by atoms with Crippen molar-refractivity contribution in [2.24, 2.45) is 0 Å². The predicted octanol–water partition coefficient (Wildman–Crippen LogP) is 4.03. The van der Waals surface area contributed by atoms with Crippen molar-refractivity contribution >= 4 is 38.6 Å². The zero-order valence-corrected chi connectivity index (χ0v) is 15.1. The van der Waals surface area contributed by atoms with Crippen LogP contribution in [0.25, 0.3) is 32.7 Å². The lowest BCUT2D eigenvalue weighted by molar-refractivity contribution is -0.129. The summed E-state index contributed by atoms with van der Waals surface area (Å²) in [5.74, 6) is 0.441. The first-order valence-corrected chi connectivity index (χ1v) is 9.08. The maximum Gasteiger partial charge on any atom is 0.243 e. The molecular weight excluding hydrogens is 342 g/mol. The first-order valence-electron chi connectivity index (χ1n) is 9.08. The van der Waals surface area contributed by atoms with Gasteiger partial charge in [-0.1, -0.05) is 24.3 Å². The van der Waals surface area contributed by atoms with E-state index in [1.165, 1.54) is 0 Å².